The zero-order chi connectivity index (χ0) is 32.4. The van der Waals surface area contributed by atoms with E-state index in [4.69, 9.17) is 25.1 Å². The van der Waals surface area contributed by atoms with Crippen molar-refractivity contribution in [3.05, 3.63) is 70.1 Å². The molecule has 0 aliphatic carbocycles. The Kier molecular flexibility index (Phi) is 13.3. The molecule has 2 aromatic rings. The summed E-state index contributed by atoms with van der Waals surface area (Å²) in [4.78, 5) is 32.9. The summed E-state index contributed by atoms with van der Waals surface area (Å²) in [7, 11) is -0.496. The lowest BCUT2D eigenvalue weighted by atomic mass is 10.0. The Hall–Kier alpha value is -2.89. The number of anilines is 1. The van der Waals surface area contributed by atoms with Crippen molar-refractivity contribution in [1.29, 1.82) is 0 Å². The van der Waals surface area contributed by atoms with Gasteiger partial charge in [-0.25, -0.2) is 16.0 Å². The Morgan fingerprint density at radius 1 is 1.20 bits per heavy atom. The van der Waals surface area contributed by atoms with Gasteiger partial charge in [-0.05, 0) is 45.9 Å². The summed E-state index contributed by atoms with van der Waals surface area (Å²) in [5.74, 6) is -1.15. The number of rotatable bonds is 16. The highest BCUT2D eigenvalue weighted by Crippen LogP contribution is 2.47. The smallest absolute Gasteiger partial charge is 0.376 e. The van der Waals surface area contributed by atoms with Gasteiger partial charge in [0.25, 0.3) is 14.4 Å². The summed E-state index contributed by atoms with van der Waals surface area (Å²) in [5, 5.41) is 2.56. The van der Waals surface area contributed by atoms with E-state index in [0.717, 1.165) is 11.7 Å². The van der Waals surface area contributed by atoms with Crippen LogP contribution in [0.1, 0.15) is 51.2 Å². The number of carbonyl (C=O) groups is 1. The lowest BCUT2D eigenvalue weighted by Crippen LogP contribution is -2.41. The largest absolute Gasteiger partial charge is 0.379 e. The first kappa shape index (κ1) is 35.6. The molecule has 2 heterocycles. The molecule has 1 N–H and O–H groups in total. The van der Waals surface area contributed by atoms with Crippen molar-refractivity contribution in [2.24, 2.45) is 5.92 Å². The van der Waals surface area contributed by atoms with Crippen molar-refractivity contribution >= 4 is 20.3 Å². The van der Waals surface area contributed by atoms with Gasteiger partial charge in [-0.2, -0.15) is 13.8 Å². The molecule has 44 heavy (non-hydrogen) atoms. The molecule has 3 rings (SSSR count). The summed E-state index contributed by atoms with van der Waals surface area (Å²) < 4.78 is 60.5. The molecule has 1 fully saturated rings. The third-order valence-electron chi connectivity index (χ3n) is 6.70. The number of methoxy groups -OCH3 is 1. The molecule has 0 radical (unpaired) electrons. The van der Waals surface area contributed by atoms with Crippen molar-refractivity contribution in [1.82, 2.24) is 14.2 Å². The minimum Gasteiger partial charge on any atom is -0.376 e. The second-order valence-electron chi connectivity index (χ2n) is 10.7. The number of hydrogen-bond acceptors (Lipinski definition) is 9. The highest BCUT2D eigenvalue weighted by atomic mass is 31.2. The second kappa shape index (κ2) is 16.4. The predicted molar refractivity (Wildman–Crippen MR) is 160 cm³/mol. The van der Waals surface area contributed by atoms with Gasteiger partial charge in [0.15, 0.2) is 6.23 Å². The highest BCUT2D eigenvalue weighted by Gasteiger charge is 2.49. The van der Waals surface area contributed by atoms with E-state index in [9.17, 15) is 18.4 Å². The quantitative estimate of drug-likeness (QED) is 0.155. The average Bonchev–Trinajstić information content (AvgIpc) is 3.25. The van der Waals surface area contributed by atoms with Crippen LogP contribution in [0.4, 0.5) is 14.6 Å². The SMILES string of the molecule is [C-]#[N+]CCOP(OC[C@H]1O[C@@H](n2ccc(NC(=O)c3ccccc3)nc2=O)[C@H](OC(F)(F)COC)[C@@H]1C)N(C(C)C)C(C)C. The van der Waals surface area contributed by atoms with Crippen LogP contribution in [0.2, 0.25) is 0 Å². The standard InChI is InChI=1S/C29H40F2N5O7P/c1-19(2)36(20(3)4)44(40-16-14-32-6)41-17-23-21(5)25(43-29(30,31)18-39-7)27(42-23)35-15-13-24(34-28(35)38)33-26(37)22-11-9-8-10-12-22/h8-13,15,19-21,23,25,27H,14,16-18H2,1-5,7H3,(H,33,34,37,38)/t21-,23-,25-,27-,44?/m1/s1. The van der Waals surface area contributed by atoms with Crippen molar-refractivity contribution < 1.29 is 36.8 Å². The second-order valence-corrected chi connectivity index (χ2v) is 12.2. The Morgan fingerprint density at radius 3 is 2.48 bits per heavy atom. The fourth-order valence-electron chi connectivity index (χ4n) is 4.73. The minimum atomic E-state index is -3.67. The number of hydrogen-bond donors (Lipinski definition) is 1. The summed E-state index contributed by atoms with van der Waals surface area (Å²) in [6, 6.07) is 9.86. The molecule has 0 bridgehead atoms. The molecule has 1 aliphatic rings. The lowest BCUT2D eigenvalue weighted by molar-refractivity contribution is -0.296. The van der Waals surface area contributed by atoms with E-state index in [1.165, 1.54) is 12.3 Å². The maximum Gasteiger partial charge on any atom is 0.379 e. The van der Waals surface area contributed by atoms with Crippen LogP contribution in [0.3, 0.4) is 0 Å². The van der Waals surface area contributed by atoms with Crippen molar-refractivity contribution in [2.75, 3.05) is 38.8 Å². The van der Waals surface area contributed by atoms with E-state index in [0.29, 0.717) is 5.56 Å². The van der Waals surface area contributed by atoms with E-state index in [1.807, 2.05) is 32.4 Å². The van der Waals surface area contributed by atoms with Crippen LogP contribution in [-0.2, 0) is 23.3 Å². The lowest BCUT2D eigenvalue weighted by Gasteiger charge is -2.36. The topological polar surface area (TPSA) is 118 Å². The van der Waals surface area contributed by atoms with Crippen LogP contribution < -0.4 is 11.0 Å². The predicted octanol–water partition coefficient (Wildman–Crippen LogP) is 4.95. The summed E-state index contributed by atoms with van der Waals surface area (Å²) in [6.07, 6.45) is -5.73. The van der Waals surface area contributed by atoms with Gasteiger partial charge < -0.3 is 33.4 Å². The third kappa shape index (κ3) is 9.55. The fraction of sp³-hybridized carbons (Fsp3) is 0.586. The zero-order valence-electron chi connectivity index (χ0n) is 25.7. The first-order valence-corrected chi connectivity index (χ1v) is 15.3. The van der Waals surface area contributed by atoms with Crippen LogP contribution >= 0.6 is 8.53 Å². The van der Waals surface area contributed by atoms with Gasteiger partial charge >= 0.3 is 11.8 Å². The van der Waals surface area contributed by atoms with Gasteiger partial charge in [-0.1, -0.05) is 25.1 Å². The maximum atomic E-state index is 14.7. The molecule has 1 amide bonds. The van der Waals surface area contributed by atoms with E-state index in [2.05, 4.69) is 19.9 Å². The summed E-state index contributed by atoms with van der Waals surface area (Å²) >= 11 is 0. The summed E-state index contributed by atoms with van der Waals surface area (Å²) in [6.45, 7) is 16.0. The number of carbonyl (C=O) groups excluding carboxylic acids is 1. The van der Waals surface area contributed by atoms with Crippen LogP contribution in [0.5, 0.6) is 0 Å². The third-order valence-corrected chi connectivity index (χ3v) is 8.78. The van der Waals surface area contributed by atoms with E-state index < -0.39 is 57.2 Å². The molecule has 1 unspecified atom stereocenters. The number of alkyl halides is 2. The molecule has 1 aromatic heterocycles. The van der Waals surface area contributed by atoms with Gasteiger partial charge in [0.2, 0.25) is 6.54 Å². The number of nitrogens with one attached hydrogen (secondary N) is 1. The molecule has 1 aliphatic heterocycles. The molecule has 1 saturated heterocycles. The van der Waals surface area contributed by atoms with Gasteiger partial charge in [-0.15, -0.1) is 0 Å². The van der Waals surface area contributed by atoms with Gasteiger partial charge in [0.1, 0.15) is 25.1 Å². The molecule has 15 heteroatoms. The van der Waals surface area contributed by atoms with Gasteiger partial charge in [0, 0.05) is 36.9 Å². The molecule has 1 aromatic carbocycles. The molecule has 0 saturated carbocycles. The number of halogens is 2. The number of aromatic nitrogens is 2. The van der Waals surface area contributed by atoms with E-state index in [1.54, 1.807) is 37.3 Å². The molecule has 12 nitrogen and oxygen atoms in total. The van der Waals surface area contributed by atoms with Crippen molar-refractivity contribution in [3.63, 3.8) is 0 Å². The Balaban J connectivity index is 1.85. The Labute approximate surface area is 257 Å². The van der Waals surface area contributed by atoms with Crippen LogP contribution in [0.15, 0.2) is 47.4 Å². The number of ether oxygens (including phenoxy) is 3. The first-order chi connectivity index (χ1) is 20.9. The van der Waals surface area contributed by atoms with Crippen molar-refractivity contribution in [2.45, 2.75) is 71.2 Å². The van der Waals surface area contributed by atoms with E-state index in [-0.39, 0.29) is 37.7 Å². The van der Waals surface area contributed by atoms with Gasteiger partial charge in [-0.3, -0.25) is 9.36 Å². The maximum absolute atomic E-state index is 14.7. The Bertz CT molecular complexity index is 1300. The van der Waals surface area contributed by atoms with Crippen molar-refractivity contribution in [3.8, 4) is 0 Å². The zero-order valence-corrected chi connectivity index (χ0v) is 26.6. The summed E-state index contributed by atoms with van der Waals surface area (Å²) in [5.41, 5.74) is -0.469. The number of amides is 1. The number of nitrogens with zero attached hydrogens (tertiary/aromatic N) is 4. The van der Waals surface area contributed by atoms with E-state index >= 15 is 0 Å². The highest BCUT2D eigenvalue weighted by molar-refractivity contribution is 7.44. The van der Waals surface area contributed by atoms with Crippen LogP contribution in [0.25, 0.3) is 4.85 Å². The monoisotopic (exact) mass is 639 g/mol. The average molecular weight is 640 g/mol. The molecule has 242 valence electrons. The van der Waals surface area contributed by atoms with Crippen LogP contribution in [-0.4, -0.2) is 84.0 Å². The molecular weight excluding hydrogens is 599 g/mol. The first-order valence-electron chi connectivity index (χ1n) is 14.2. The molecular formula is C29H40F2N5O7P. The van der Waals surface area contributed by atoms with Crippen LogP contribution in [0, 0.1) is 12.5 Å². The normalized spacial score (nSPS) is 21.1. The van der Waals surface area contributed by atoms with Gasteiger partial charge in [0.05, 0.1) is 12.7 Å². The Morgan fingerprint density at radius 2 is 1.89 bits per heavy atom. The molecule has 0 spiro atoms. The molecule has 5 atom stereocenters. The number of benzene rings is 1. The fourth-order valence-corrected chi connectivity index (χ4v) is 6.34. The minimum absolute atomic E-state index is 0.0159.